The maximum Gasteiger partial charge on any atom is 0.203 e. The minimum atomic E-state index is 0.0175. The SMILES string of the molecule is COc1ccc(C(=O)CCNc2ccccc2/C=C\c2cc(OC)c(OC)c(OC)c2)cc1OC. The van der Waals surface area contributed by atoms with Gasteiger partial charge in [0.05, 0.1) is 35.5 Å². The minimum absolute atomic E-state index is 0.0175. The lowest BCUT2D eigenvalue weighted by atomic mass is 10.1. The number of carbonyl (C=O) groups excluding carboxylic acids is 1. The molecule has 0 fully saturated rings. The zero-order valence-electron chi connectivity index (χ0n) is 20.7. The Balaban J connectivity index is 1.70. The molecule has 0 atom stereocenters. The molecule has 0 radical (unpaired) electrons. The van der Waals surface area contributed by atoms with Crippen molar-refractivity contribution >= 4 is 23.6 Å². The van der Waals surface area contributed by atoms with Crippen LogP contribution in [0.1, 0.15) is 27.9 Å². The number of carbonyl (C=O) groups is 1. The summed E-state index contributed by atoms with van der Waals surface area (Å²) in [6, 6.07) is 16.9. The fourth-order valence-electron chi connectivity index (χ4n) is 3.65. The quantitative estimate of drug-likeness (QED) is 0.269. The van der Waals surface area contributed by atoms with Crippen molar-refractivity contribution in [3.8, 4) is 28.7 Å². The Kier molecular flexibility index (Phi) is 9.01. The number of hydrogen-bond acceptors (Lipinski definition) is 7. The zero-order chi connectivity index (χ0) is 25.2. The normalized spacial score (nSPS) is 10.7. The fourth-order valence-corrected chi connectivity index (χ4v) is 3.65. The van der Waals surface area contributed by atoms with Crippen molar-refractivity contribution in [3.05, 3.63) is 71.3 Å². The van der Waals surface area contributed by atoms with Crippen LogP contribution >= 0.6 is 0 Å². The van der Waals surface area contributed by atoms with E-state index >= 15 is 0 Å². The smallest absolute Gasteiger partial charge is 0.203 e. The fraction of sp³-hybridized carbons (Fsp3) is 0.250. The minimum Gasteiger partial charge on any atom is -0.493 e. The van der Waals surface area contributed by atoms with Crippen LogP contribution in [0.4, 0.5) is 5.69 Å². The Morgan fingerprint density at radius 3 is 2.03 bits per heavy atom. The number of nitrogens with one attached hydrogen (secondary N) is 1. The number of ketones is 1. The molecule has 184 valence electrons. The lowest BCUT2D eigenvalue weighted by Crippen LogP contribution is -2.10. The Hall–Kier alpha value is -4.13. The summed E-state index contributed by atoms with van der Waals surface area (Å²) in [6.45, 7) is 0.488. The lowest BCUT2D eigenvalue weighted by Gasteiger charge is -2.13. The monoisotopic (exact) mass is 477 g/mol. The summed E-state index contributed by atoms with van der Waals surface area (Å²) in [4.78, 5) is 12.7. The van der Waals surface area contributed by atoms with Crippen LogP contribution in [0.5, 0.6) is 28.7 Å². The van der Waals surface area contributed by atoms with Crippen molar-refractivity contribution in [3.63, 3.8) is 0 Å². The molecule has 0 aliphatic carbocycles. The highest BCUT2D eigenvalue weighted by atomic mass is 16.5. The summed E-state index contributed by atoms with van der Waals surface area (Å²) in [7, 11) is 7.88. The zero-order valence-corrected chi connectivity index (χ0v) is 20.7. The van der Waals surface area contributed by atoms with Crippen LogP contribution in [0.15, 0.2) is 54.6 Å². The Labute approximate surface area is 206 Å². The second-order valence-corrected chi connectivity index (χ2v) is 7.55. The maximum absolute atomic E-state index is 12.7. The van der Waals surface area contributed by atoms with Gasteiger partial charge in [0.15, 0.2) is 28.8 Å². The first-order valence-electron chi connectivity index (χ1n) is 11.1. The van der Waals surface area contributed by atoms with Crippen LogP contribution in [0, 0.1) is 0 Å². The third-order valence-electron chi connectivity index (χ3n) is 5.48. The predicted octanol–water partition coefficient (Wildman–Crippen LogP) is 5.58. The average molecular weight is 478 g/mol. The molecule has 0 bridgehead atoms. The van der Waals surface area contributed by atoms with E-state index in [-0.39, 0.29) is 5.78 Å². The first kappa shape index (κ1) is 25.5. The van der Waals surface area contributed by atoms with Crippen LogP contribution in [-0.4, -0.2) is 47.9 Å². The second-order valence-electron chi connectivity index (χ2n) is 7.55. The van der Waals surface area contributed by atoms with Crippen molar-refractivity contribution < 1.29 is 28.5 Å². The first-order valence-corrected chi connectivity index (χ1v) is 11.1. The molecular weight excluding hydrogens is 446 g/mol. The van der Waals surface area contributed by atoms with Gasteiger partial charge >= 0.3 is 0 Å². The first-order chi connectivity index (χ1) is 17.0. The predicted molar refractivity (Wildman–Crippen MR) is 138 cm³/mol. The van der Waals surface area contributed by atoms with Gasteiger partial charge in [0.25, 0.3) is 0 Å². The second kappa shape index (κ2) is 12.4. The molecular formula is C28H31NO6. The number of ether oxygens (including phenoxy) is 5. The molecule has 0 aliphatic heterocycles. The number of para-hydroxylation sites is 1. The summed E-state index contributed by atoms with van der Waals surface area (Å²) in [5.41, 5.74) is 3.40. The highest BCUT2D eigenvalue weighted by Crippen LogP contribution is 2.38. The van der Waals surface area contributed by atoms with E-state index in [1.165, 1.54) is 0 Å². The van der Waals surface area contributed by atoms with E-state index in [0.29, 0.717) is 47.3 Å². The molecule has 0 saturated heterocycles. The van der Waals surface area contributed by atoms with Gasteiger partial charge in [-0.1, -0.05) is 30.4 Å². The van der Waals surface area contributed by atoms with Gasteiger partial charge in [-0.15, -0.1) is 0 Å². The van der Waals surface area contributed by atoms with Gasteiger partial charge in [0, 0.05) is 24.2 Å². The Bertz CT molecular complexity index is 1160. The molecule has 0 amide bonds. The molecule has 7 heteroatoms. The van der Waals surface area contributed by atoms with Gasteiger partial charge in [-0.25, -0.2) is 0 Å². The molecule has 0 spiro atoms. The van der Waals surface area contributed by atoms with Gasteiger partial charge < -0.3 is 29.0 Å². The number of benzene rings is 3. The Morgan fingerprint density at radius 1 is 0.743 bits per heavy atom. The number of methoxy groups -OCH3 is 5. The Morgan fingerprint density at radius 2 is 1.40 bits per heavy atom. The van der Waals surface area contributed by atoms with E-state index in [9.17, 15) is 4.79 Å². The average Bonchev–Trinajstić information content (AvgIpc) is 2.91. The van der Waals surface area contributed by atoms with E-state index in [1.54, 1.807) is 53.7 Å². The van der Waals surface area contributed by atoms with Gasteiger partial charge in [0.2, 0.25) is 5.75 Å². The van der Waals surface area contributed by atoms with Gasteiger partial charge in [0.1, 0.15) is 0 Å². The van der Waals surface area contributed by atoms with Gasteiger partial charge in [-0.3, -0.25) is 4.79 Å². The summed E-state index contributed by atoms with van der Waals surface area (Å²) in [6.07, 6.45) is 4.30. The number of Topliss-reactive ketones (excluding diaryl/α,β-unsaturated/α-hetero) is 1. The van der Waals surface area contributed by atoms with Crippen LogP contribution in [0.3, 0.4) is 0 Å². The van der Waals surface area contributed by atoms with Crippen molar-refractivity contribution in [2.45, 2.75) is 6.42 Å². The number of rotatable bonds is 12. The molecule has 3 aromatic carbocycles. The van der Waals surface area contributed by atoms with Crippen LogP contribution in [-0.2, 0) is 0 Å². The summed E-state index contributed by atoms with van der Waals surface area (Å²) in [5.74, 6) is 2.87. The van der Waals surface area contributed by atoms with Gasteiger partial charge in [-0.2, -0.15) is 0 Å². The summed E-state index contributed by atoms with van der Waals surface area (Å²) in [5, 5.41) is 3.37. The summed E-state index contributed by atoms with van der Waals surface area (Å²) < 4.78 is 26.8. The lowest BCUT2D eigenvalue weighted by molar-refractivity contribution is 0.0986. The maximum atomic E-state index is 12.7. The topological polar surface area (TPSA) is 75.3 Å². The molecule has 1 N–H and O–H groups in total. The van der Waals surface area contributed by atoms with Gasteiger partial charge in [-0.05, 0) is 47.5 Å². The molecule has 0 aliphatic rings. The van der Waals surface area contributed by atoms with E-state index in [2.05, 4.69) is 5.32 Å². The van der Waals surface area contributed by atoms with E-state index in [0.717, 1.165) is 16.8 Å². The highest BCUT2D eigenvalue weighted by Gasteiger charge is 2.13. The molecule has 0 unspecified atom stereocenters. The molecule has 3 aromatic rings. The molecule has 0 aromatic heterocycles. The van der Waals surface area contributed by atoms with Crippen LogP contribution < -0.4 is 29.0 Å². The third-order valence-corrected chi connectivity index (χ3v) is 5.48. The summed E-state index contributed by atoms with van der Waals surface area (Å²) >= 11 is 0. The standard InChI is InChI=1S/C28H31NO6/c1-31-24-13-12-21(18-25(24)32-2)23(30)14-15-29-22-9-7-6-8-20(22)11-10-19-16-26(33-3)28(35-5)27(17-19)34-4/h6-13,16-18,29H,14-15H2,1-5H3/b11-10-. The van der Waals surface area contributed by atoms with Crippen LogP contribution in [0.25, 0.3) is 12.2 Å². The highest BCUT2D eigenvalue weighted by molar-refractivity contribution is 5.97. The molecule has 0 saturated carbocycles. The van der Waals surface area contributed by atoms with E-state index in [1.807, 2.05) is 48.6 Å². The van der Waals surface area contributed by atoms with E-state index < -0.39 is 0 Å². The molecule has 7 nitrogen and oxygen atoms in total. The van der Waals surface area contributed by atoms with E-state index in [4.69, 9.17) is 23.7 Å². The molecule has 0 heterocycles. The molecule has 35 heavy (non-hydrogen) atoms. The molecule has 3 rings (SSSR count). The van der Waals surface area contributed by atoms with Crippen molar-refractivity contribution in [2.75, 3.05) is 47.4 Å². The third kappa shape index (κ3) is 6.26. The van der Waals surface area contributed by atoms with Crippen LogP contribution in [0.2, 0.25) is 0 Å². The van der Waals surface area contributed by atoms with Crippen molar-refractivity contribution in [2.24, 2.45) is 0 Å². The van der Waals surface area contributed by atoms with Crippen molar-refractivity contribution in [1.29, 1.82) is 0 Å². The largest absolute Gasteiger partial charge is 0.493 e. The van der Waals surface area contributed by atoms with Crippen molar-refractivity contribution in [1.82, 2.24) is 0 Å². The number of hydrogen-bond donors (Lipinski definition) is 1. The number of anilines is 1.